The quantitative estimate of drug-likeness (QED) is 0.672. The van der Waals surface area contributed by atoms with Gasteiger partial charge in [0, 0.05) is 17.8 Å². The molecular formula is C14H15ClN4O3. The second-order valence-corrected chi connectivity index (χ2v) is 5.20. The Morgan fingerprint density at radius 1 is 1.45 bits per heavy atom. The third kappa shape index (κ3) is 3.62. The number of pyridine rings is 1. The molecule has 116 valence electrons. The Hall–Kier alpha value is -2.41. The number of rotatable bonds is 5. The van der Waals surface area contributed by atoms with Gasteiger partial charge in [-0.05, 0) is 12.0 Å². The van der Waals surface area contributed by atoms with Crippen LogP contribution in [-0.2, 0) is 4.79 Å². The molecule has 8 heteroatoms. The number of halogens is 1. The number of carbonyl (C=O) groups is 1. The van der Waals surface area contributed by atoms with Crippen LogP contribution in [0.4, 0.5) is 0 Å². The van der Waals surface area contributed by atoms with E-state index in [2.05, 4.69) is 15.1 Å². The molecule has 0 aliphatic carbocycles. The molecule has 0 atom stereocenters. The van der Waals surface area contributed by atoms with Crippen molar-refractivity contribution in [1.29, 1.82) is 0 Å². The Morgan fingerprint density at radius 2 is 2.18 bits per heavy atom. The fourth-order valence-corrected chi connectivity index (χ4v) is 1.97. The molecule has 0 saturated heterocycles. The standard InChI is InChI=1S/C14H15ClN4O3/c1-8(2)10(14(20)21)6-19-7-16-13(18-19)9-4-11(15)17-12(5-9)22-3/h4-8H,1-3H3,(H,20,21)/b10-6-. The maximum absolute atomic E-state index is 11.2. The minimum atomic E-state index is -0.985. The molecule has 0 bridgehead atoms. The average molecular weight is 323 g/mol. The van der Waals surface area contributed by atoms with Crippen LogP contribution in [0.2, 0.25) is 5.15 Å². The smallest absolute Gasteiger partial charge is 0.333 e. The van der Waals surface area contributed by atoms with E-state index < -0.39 is 5.97 Å². The van der Waals surface area contributed by atoms with Gasteiger partial charge >= 0.3 is 5.97 Å². The maximum atomic E-state index is 11.2. The first-order valence-electron chi connectivity index (χ1n) is 6.48. The molecule has 0 aliphatic rings. The van der Waals surface area contributed by atoms with E-state index in [-0.39, 0.29) is 16.6 Å². The predicted molar refractivity (Wildman–Crippen MR) is 81.6 cm³/mol. The van der Waals surface area contributed by atoms with E-state index in [0.717, 1.165) is 0 Å². The Bertz CT molecular complexity index is 725. The molecule has 0 saturated carbocycles. The van der Waals surface area contributed by atoms with E-state index in [9.17, 15) is 4.79 Å². The SMILES string of the molecule is COc1cc(-c2ncn(/C=C(\C(=O)O)C(C)C)n2)cc(Cl)n1. The molecule has 0 unspecified atom stereocenters. The molecule has 2 rings (SSSR count). The third-order valence-corrected chi connectivity index (χ3v) is 3.08. The monoisotopic (exact) mass is 322 g/mol. The summed E-state index contributed by atoms with van der Waals surface area (Å²) in [6.45, 7) is 3.59. The number of ether oxygens (including phenoxy) is 1. The number of carboxylic acid groups (broad SMARTS) is 1. The molecule has 2 heterocycles. The van der Waals surface area contributed by atoms with Gasteiger partial charge in [-0.25, -0.2) is 19.4 Å². The van der Waals surface area contributed by atoms with Crippen LogP contribution in [0, 0.1) is 5.92 Å². The molecule has 2 aromatic rings. The summed E-state index contributed by atoms with van der Waals surface area (Å²) in [6, 6.07) is 3.25. The fraction of sp³-hybridized carbons (Fsp3) is 0.286. The van der Waals surface area contributed by atoms with Crippen molar-refractivity contribution in [2.24, 2.45) is 5.92 Å². The number of carboxylic acids is 1. The Morgan fingerprint density at radius 3 is 2.77 bits per heavy atom. The van der Waals surface area contributed by atoms with Gasteiger partial charge < -0.3 is 9.84 Å². The van der Waals surface area contributed by atoms with Crippen molar-refractivity contribution in [3.05, 3.63) is 29.2 Å². The van der Waals surface area contributed by atoms with Crippen LogP contribution in [0.15, 0.2) is 24.0 Å². The third-order valence-electron chi connectivity index (χ3n) is 2.89. The summed E-state index contributed by atoms with van der Waals surface area (Å²) >= 11 is 5.91. The second kappa shape index (κ2) is 6.57. The highest BCUT2D eigenvalue weighted by molar-refractivity contribution is 6.29. The maximum Gasteiger partial charge on any atom is 0.333 e. The van der Waals surface area contributed by atoms with Gasteiger partial charge in [-0.2, -0.15) is 0 Å². The average Bonchev–Trinajstić information content (AvgIpc) is 2.92. The number of methoxy groups -OCH3 is 1. The van der Waals surface area contributed by atoms with E-state index in [1.165, 1.54) is 24.3 Å². The van der Waals surface area contributed by atoms with Crippen LogP contribution < -0.4 is 4.74 Å². The molecule has 22 heavy (non-hydrogen) atoms. The molecule has 0 amide bonds. The zero-order valence-electron chi connectivity index (χ0n) is 12.3. The van der Waals surface area contributed by atoms with Crippen LogP contribution in [0.1, 0.15) is 13.8 Å². The van der Waals surface area contributed by atoms with Crippen molar-refractivity contribution in [2.75, 3.05) is 7.11 Å². The highest BCUT2D eigenvalue weighted by Gasteiger charge is 2.13. The van der Waals surface area contributed by atoms with Crippen LogP contribution in [-0.4, -0.2) is 37.9 Å². The molecule has 0 aromatic carbocycles. The van der Waals surface area contributed by atoms with E-state index >= 15 is 0 Å². The van der Waals surface area contributed by atoms with Gasteiger partial charge in [-0.3, -0.25) is 0 Å². The molecule has 2 aromatic heterocycles. The molecule has 0 fully saturated rings. The highest BCUT2D eigenvalue weighted by Crippen LogP contribution is 2.23. The number of nitrogens with zero attached hydrogens (tertiary/aromatic N) is 4. The van der Waals surface area contributed by atoms with E-state index in [1.54, 1.807) is 26.0 Å². The number of hydrogen-bond donors (Lipinski definition) is 1. The summed E-state index contributed by atoms with van der Waals surface area (Å²) in [5.41, 5.74) is 0.868. The number of aromatic nitrogens is 4. The zero-order chi connectivity index (χ0) is 16.3. The Balaban J connectivity index is 2.38. The van der Waals surface area contributed by atoms with Gasteiger partial charge in [-0.1, -0.05) is 25.4 Å². The fourth-order valence-electron chi connectivity index (χ4n) is 1.77. The molecular weight excluding hydrogens is 308 g/mol. The molecule has 0 aliphatic heterocycles. The van der Waals surface area contributed by atoms with E-state index in [4.69, 9.17) is 21.4 Å². The number of aliphatic carboxylic acids is 1. The lowest BCUT2D eigenvalue weighted by Crippen LogP contribution is -2.08. The van der Waals surface area contributed by atoms with Crippen LogP contribution in [0.3, 0.4) is 0 Å². The topological polar surface area (TPSA) is 90.1 Å². The predicted octanol–water partition coefficient (Wildman–Crippen LogP) is 2.58. The minimum Gasteiger partial charge on any atom is -0.481 e. The molecule has 0 radical (unpaired) electrons. The Kier molecular flexibility index (Phi) is 4.77. The summed E-state index contributed by atoms with van der Waals surface area (Å²) in [6.07, 6.45) is 2.87. The van der Waals surface area contributed by atoms with Gasteiger partial charge in [0.05, 0.1) is 12.7 Å². The summed E-state index contributed by atoms with van der Waals surface area (Å²) < 4.78 is 6.40. The van der Waals surface area contributed by atoms with Crippen molar-refractivity contribution in [2.45, 2.75) is 13.8 Å². The summed E-state index contributed by atoms with van der Waals surface area (Å²) in [5.74, 6) is -0.378. The highest BCUT2D eigenvalue weighted by atomic mass is 35.5. The molecule has 7 nitrogen and oxygen atoms in total. The van der Waals surface area contributed by atoms with Gasteiger partial charge in [0.15, 0.2) is 5.82 Å². The lowest BCUT2D eigenvalue weighted by atomic mass is 10.1. The van der Waals surface area contributed by atoms with E-state index in [0.29, 0.717) is 17.3 Å². The van der Waals surface area contributed by atoms with Crippen molar-refractivity contribution in [3.63, 3.8) is 0 Å². The lowest BCUT2D eigenvalue weighted by molar-refractivity contribution is -0.133. The van der Waals surface area contributed by atoms with Gasteiger partial charge in [0.1, 0.15) is 11.5 Å². The first-order chi connectivity index (χ1) is 10.4. The first-order valence-corrected chi connectivity index (χ1v) is 6.86. The molecule has 1 N–H and O–H groups in total. The second-order valence-electron chi connectivity index (χ2n) is 4.81. The van der Waals surface area contributed by atoms with Crippen molar-refractivity contribution in [1.82, 2.24) is 19.7 Å². The van der Waals surface area contributed by atoms with Crippen molar-refractivity contribution < 1.29 is 14.6 Å². The van der Waals surface area contributed by atoms with Gasteiger partial charge in [0.25, 0.3) is 0 Å². The number of hydrogen-bond acceptors (Lipinski definition) is 5. The summed E-state index contributed by atoms with van der Waals surface area (Å²) in [7, 11) is 1.49. The zero-order valence-corrected chi connectivity index (χ0v) is 13.1. The van der Waals surface area contributed by atoms with Gasteiger partial charge in [0.2, 0.25) is 5.88 Å². The summed E-state index contributed by atoms with van der Waals surface area (Å²) in [4.78, 5) is 19.3. The lowest BCUT2D eigenvalue weighted by Gasteiger charge is -2.05. The van der Waals surface area contributed by atoms with Gasteiger partial charge in [-0.15, -0.1) is 5.10 Å². The summed E-state index contributed by atoms with van der Waals surface area (Å²) in [5, 5.41) is 13.6. The van der Waals surface area contributed by atoms with Crippen LogP contribution in [0.25, 0.3) is 17.6 Å². The molecule has 0 spiro atoms. The van der Waals surface area contributed by atoms with Crippen LogP contribution >= 0.6 is 11.6 Å². The van der Waals surface area contributed by atoms with Crippen LogP contribution in [0.5, 0.6) is 5.88 Å². The normalized spacial score (nSPS) is 11.8. The first kappa shape index (κ1) is 16.0. The van der Waals surface area contributed by atoms with Crippen molar-refractivity contribution >= 4 is 23.8 Å². The Labute approximate surface area is 132 Å². The van der Waals surface area contributed by atoms with Crippen molar-refractivity contribution in [3.8, 4) is 17.3 Å². The minimum absolute atomic E-state index is 0.138. The largest absolute Gasteiger partial charge is 0.481 e. The van der Waals surface area contributed by atoms with E-state index in [1.807, 2.05) is 0 Å².